The molecule has 3 aromatic carbocycles. The van der Waals surface area contributed by atoms with Crippen LogP contribution in [-0.2, 0) is 22.7 Å². The van der Waals surface area contributed by atoms with E-state index in [1.165, 1.54) is 19.2 Å². The van der Waals surface area contributed by atoms with Gasteiger partial charge in [-0.2, -0.15) is 0 Å². The van der Waals surface area contributed by atoms with E-state index in [0.29, 0.717) is 22.4 Å². The molecule has 4 aromatic rings. The van der Waals surface area contributed by atoms with Crippen LogP contribution in [0.4, 0.5) is 4.79 Å². The van der Waals surface area contributed by atoms with Crippen LogP contribution < -0.4 is 10.1 Å². The Balaban J connectivity index is 1.27. The molecule has 0 saturated carbocycles. The molecular formula is C28H21BrN2O6. The summed E-state index contributed by atoms with van der Waals surface area (Å²) < 4.78 is 16.7. The molecule has 186 valence electrons. The molecule has 0 unspecified atom stereocenters. The molecule has 8 nitrogen and oxygen atoms in total. The van der Waals surface area contributed by atoms with Crippen molar-refractivity contribution in [3.63, 3.8) is 0 Å². The summed E-state index contributed by atoms with van der Waals surface area (Å²) in [5.41, 5.74) is 1.90. The van der Waals surface area contributed by atoms with E-state index in [1.807, 2.05) is 30.3 Å². The minimum absolute atomic E-state index is 0.00655. The molecule has 0 aliphatic carbocycles. The van der Waals surface area contributed by atoms with Crippen molar-refractivity contribution < 1.29 is 28.3 Å². The van der Waals surface area contributed by atoms with Crippen LogP contribution >= 0.6 is 15.9 Å². The number of furan rings is 1. The van der Waals surface area contributed by atoms with E-state index < -0.39 is 17.9 Å². The number of nitrogens with one attached hydrogen (secondary N) is 1. The average Bonchev–Trinajstić information content (AvgIpc) is 3.48. The first kappa shape index (κ1) is 24.3. The molecule has 37 heavy (non-hydrogen) atoms. The van der Waals surface area contributed by atoms with Gasteiger partial charge in [-0.05, 0) is 68.2 Å². The number of hydrogen-bond donors (Lipinski definition) is 1. The highest BCUT2D eigenvalue weighted by molar-refractivity contribution is 9.10. The molecule has 5 rings (SSSR count). The van der Waals surface area contributed by atoms with Crippen molar-refractivity contribution in [1.29, 1.82) is 0 Å². The summed E-state index contributed by atoms with van der Waals surface area (Å²) in [6, 6.07) is 22.0. The number of fused-ring (bicyclic) bond motifs is 1. The standard InChI is InChI=1S/C28H21BrN2O6/c1-35-27(33)25-12-10-20(37-25)15-31-26(32)23(30-28(31)34)14-17-9-11-24(22(29)13-17)36-16-19-7-4-6-18-5-2-3-8-21(18)19/h2-14H,15-16H2,1H3,(H,30,34)/b23-14-. The summed E-state index contributed by atoms with van der Waals surface area (Å²) in [5.74, 6) is -0.223. The van der Waals surface area contributed by atoms with E-state index >= 15 is 0 Å². The van der Waals surface area contributed by atoms with Crippen molar-refractivity contribution in [2.75, 3.05) is 7.11 Å². The summed E-state index contributed by atoms with van der Waals surface area (Å²) in [7, 11) is 1.24. The Morgan fingerprint density at radius 1 is 1.05 bits per heavy atom. The zero-order valence-electron chi connectivity index (χ0n) is 19.7. The average molecular weight is 561 g/mol. The van der Waals surface area contributed by atoms with Crippen molar-refractivity contribution in [1.82, 2.24) is 10.2 Å². The smallest absolute Gasteiger partial charge is 0.373 e. The SMILES string of the molecule is COC(=O)c1ccc(CN2C(=O)N/C(=C\c3ccc(OCc4cccc5ccccc45)c(Br)c3)C2=O)o1. The van der Waals surface area contributed by atoms with Crippen molar-refractivity contribution >= 4 is 50.7 Å². The normalized spacial score (nSPS) is 14.3. The summed E-state index contributed by atoms with van der Waals surface area (Å²) in [4.78, 5) is 37.8. The lowest BCUT2D eigenvalue weighted by Crippen LogP contribution is -2.30. The highest BCUT2D eigenvalue weighted by Crippen LogP contribution is 2.29. The Morgan fingerprint density at radius 3 is 2.68 bits per heavy atom. The maximum absolute atomic E-state index is 12.8. The third-order valence-corrected chi connectivity index (χ3v) is 6.47. The van der Waals surface area contributed by atoms with Gasteiger partial charge in [0.05, 0.1) is 18.1 Å². The molecule has 1 fully saturated rings. The number of nitrogens with zero attached hydrogens (tertiary/aromatic N) is 1. The fraction of sp³-hybridized carbons (Fsp3) is 0.107. The molecule has 0 radical (unpaired) electrons. The van der Waals surface area contributed by atoms with Gasteiger partial charge < -0.3 is 19.2 Å². The topological polar surface area (TPSA) is 98.1 Å². The second kappa shape index (κ2) is 10.3. The van der Waals surface area contributed by atoms with Crippen LogP contribution in [0.5, 0.6) is 5.75 Å². The number of methoxy groups -OCH3 is 1. The predicted molar refractivity (Wildman–Crippen MR) is 140 cm³/mol. The molecule has 1 aliphatic heterocycles. The second-order valence-electron chi connectivity index (χ2n) is 8.25. The van der Waals surface area contributed by atoms with E-state index in [0.717, 1.165) is 21.2 Å². The number of halogens is 1. The molecule has 0 spiro atoms. The monoisotopic (exact) mass is 560 g/mol. The molecule has 0 bridgehead atoms. The third-order valence-electron chi connectivity index (χ3n) is 5.85. The lowest BCUT2D eigenvalue weighted by atomic mass is 10.1. The molecular weight excluding hydrogens is 540 g/mol. The van der Waals surface area contributed by atoms with Crippen molar-refractivity contribution in [3.8, 4) is 5.75 Å². The number of imide groups is 1. The van der Waals surface area contributed by atoms with Gasteiger partial charge in [0.15, 0.2) is 0 Å². The first-order chi connectivity index (χ1) is 17.9. The van der Waals surface area contributed by atoms with Gasteiger partial charge >= 0.3 is 12.0 Å². The summed E-state index contributed by atoms with van der Waals surface area (Å²) >= 11 is 3.54. The van der Waals surface area contributed by atoms with Crippen LogP contribution in [0.25, 0.3) is 16.8 Å². The zero-order chi connectivity index (χ0) is 25.9. The lowest BCUT2D eigenvalue weighted by Gasteiger charge is -2.11. The maximum atomic E-state index is 12.8. The largest absolute Gasteiger partial charge is 0.488 e. The minimum atomic E-state index is -0.640. The van der Waals surface area contributed by atoms with E-state index in [1.54, 1.807) is 18.2 Å². The molecule has 3 amide bonds. The number of esters is 1. The van der Waals surface area contributed by atoms with Crippen LogP contribution in [0, 0.1) is 0 Å². The van der Waals surface area contributed by atoms with E-state index in [-0.39, 0.29) is 23.8 Å². The Labute approximate surface area is 220 Å². The van der Waals surface area contributed by atoms with Gasteiger partial charge in [-0.15, -0.1) is 0 Å². The first-order valence-electron chi connectivity index (χ1n) is 11.3. The molecule has 1 aliphatic rings. The number of benzene rings is 3. The van der Waals surface area contributed by atoms with Crippen molar-refractivity contribution in [2.24, 2.45) is 0 Å². The van der Waals surface area contributed by atoms with Gasteiger partial charge in [0.25, 0.3) is 5.91 Å². The molecule has 1 N–H and O–H groups in total. The summed E-state index contributed by atoms with van der Waals surface area (Å²) in [6.45, 7) is 0.276. The fourth-order valence-electron chi connectivity index (χ4n) is 4.01. The first-order valence-corrected chi connectivity index (χ1v) is 12.1. The van der Waals surface area contributed by atoms with Crippen LogP contribution in [0.2, 0.25) is 0 Å². The second-order valence-corrected chi connectivity index (χ2v) is 9.11. The quantitative estimate of drug-likeness (QED) is 0.178. The van der Waals surface area contributed by atoms with E-state index in [4.69, 9.17) is 9.15 Å². The van der Waals surface area contributed by atoms with E-state index in [2.05, 4.69) is 44.2 Å². The van der Waals surface area contributed by atoms with Gasteiger partial charge in [0, 0.05) is 0 Å². The number of rotatable bonds is 7. The number of carbonyl (C=O) groups is 3. The Kier molecular flexibility index (Phi) is 6.78. The lowest BCUT2D eigenvalue weighted by molar-refractivity contribution is -0.123. The van der Waals surface area contributed by atoms with Gasteiger partial charge in [0.2, 0.25) is 5.76 Å². The Bertz CT molecular complexity index is 1550. The fourth-order valence-corrected chi connectivity index (χ4v) is 4.52. The summed E-state index contributed by atoms with van der Waals surface area (Å²) in [5, 5.41) is 4.87. The highest BCUT2D eigenvalue weighted by Gasteiger charge is 2.34. The van der Waals surface area contributed by atoms with Gasteiger partial charge in [0.1, 0.15) is 23.8 Å². The van der Waals surface area contributed by atoms with Crippen LogP contribution in [-0.4, -0.2) is 29.9 Å². The van der Waals surface area contributed by atoms with Crippen molar-refractivity contribution in [3.05, 3.63) is 106 Å². The number of hydrogen-bond acceptors (Lipinski definition) is 6. The predicted octanol–water partition coefficient (Wildman–Crippen LogP) is 5.65. The molecule has 1 saturated heterocycles. The number of urea groups is 1. The molecule has 0 atom stereocenters. The zero-order valence-corrected chi connectivity index (χ0v) is 21.3. The van der Waals surface area contributed by atoms with E-state index in [9.17, 15) is 14.4 Å². The van der Waals surface area contributed by atoms with Gasteiger partial charge in [-0.1, -0.05) is 48.5 Å². The van der Waals surface area contributed by atoms with Crippen molar-refractivity contribution in [2.45, 2.75) is 13.2 Å². The van der Waals surface area contributed by atoms with Crippen LogP contribution in [0.3, 0.4) is 0 Å². The highest BCUT2D eigenvalue weighted by atomic mass is 79.9. The maximum Gasteiger partial charge on any atom is 0.373 e. The van der Waals surface area contributed by atoms with Crippen LogP contribution in [0.1, 0.15) is 27.4 Å². The van der Waals surface area contributed by atoms with Gasteiger partial charge in [-0.3, -0.25) is 9.69 Å². The van der Waals surface area contributed by atoms with Gasteiger partial charge in [-0.25, -0.2) is 9.59 Å². The number of amides is 3. The molecule has 9 heteroatoms. The number of ether oxygens (including phenoxy) is 2. The minimum Gasteiger partial charge on any atom is -0.488 e. The molecule has 1 aromatic heterocycles. The van der Waals surface area contributed by atoms with Crippen LogP contribution in [0.15, 0.2) is 87.4 Å². The Morgan fingerprint density at radius 2 is 1.86 bits per heavy atom. The molecule has 2 heterocycles. The number of carbonyl (C=O) groups excluding carboxylic acids is 3. The Hall–Kier alpha value is -4.37. The summed E-state index contributed by atoms with van der Waals surface area (Å²) in [6.07, 6.45) is 1.58. The third kappa shape index (κ3) is 5.12.